The van der Waals surface area contributed by atoms with E-state index in [4.69, 9.17) is 5.73 Å². The number of nitrogens with zero attached hydrogens (tertiary/aromatic N) is 3. The minimum Gasteiger partial charge on any atom is -0.370 e. The second kappa shape index (κ2) is 6.95. The fourth-order valence-electron chi connectivity index (χ4n) is 3.08. The number of hydrogen-bond donors (Lipinski definition) is 1. The van der Waals surface area contributed by atoms with E-state index in [1.54, 1.807) is 0 Å². The van der Waals surface area contributed by atoms with Gasteiger partial charge in [0.2, 0.25) is 5.91 Å². The Kier molecular flexibility index (Phi) is 5.26. The van der Waals surface area contributed by atoms with Crippen LogP contribution in [0.5, 0.6) is 0 Å². The molecule has 2 heterocycles. The summed E-state index contributed by atoms with van der Waals surface area (Å²) in [6.07, 6.45) is 4.21. The van der Waals surface area contributed by atoms with Crippen LogP contribution in [-0.2, 0) is 4.79 Å². The van der Waals surface area contributed by atoms with Gasteiger partial charge in [-0.15, -0.1) is 0 Å². The molecule has 0 spiro atoms. The Morgan fingerprint density at radius 2 is 2.25 bits per heavy atom. The van der Waals surface area contributed by atoms with Gasteiger partial charge in [-0.25, -0.2) is 0 Å². The number of carbonyl (C=O) groups is 1. The van der Waals surface area contributed by atoms with E-state index >= 15 is 0 Å². The predicted octanol–water partition coefficient (Wildman–Crippen LogP) is 1.29. The van der Waals surface area contributed by atoms with E-state index in [-0.39, 0.29) is 0 Å². The standard InChI is InChI=1S/C15H28N4O/c1-12-5-3-8-19(10-12)15(16)17-9-13(2)11-18-7-4-6-14(18)20/h12-13H,3-11H2,1-2H3,(H2,16,17)/t12-,13-/m0/s1. The minimum atomic E-state index is 0.290. The third-order valence-corrected chi connectivity index (χ3v) is 4.25. The summed E-state index contributed by atoms with van der Waals surface area (Å²) in [5.41, 5.74) is 6.09. The number of likely N-dealkylation sites (tertiary alicyclic amines) is 2. The van der Waals surface area contributed by atoms with E-state index in [1.807, 2.05) is 4.90 Å². The molecule has 2 rings (SSSR count). The van der Waals surface area contributed by atoms with Crippen LogP contribution < -0.4 is 5.73 Å². The SMILES string of the molecule is C[C@@H](CN=C(N)N1CCC[C@H](C)C1)CN1CCCC1=O. The number of carbonyl (C=O) groups excluding carboxylic acids is 1. The maximum absolute atomic E-state index is 11.6. The van der Waals surface area contributed by atoms with Crippen molar-refractivity contribution >= 4 is 11.9 Å². The molecule has 5 heteroatoms. The van der Waals surface area contributed by atoms with Gasteiger partial charge >= 0.3 is 0 Å². The van der Waals surface area contributed by atoms with Crippen molar-refractivity contribution in [3.8, 4) is 0 Å². The van der Waals surface area contributed by atoms with Crippen LogP contribution >= 0.6 is 0 Å². The Bertz CT molecular complexity index is 369. The van der Waals surface area contributed by atoms with Crippen LogP contribution in [0.15, 0.2) is 4.99 Å². The van der Waals surface area contributed by atoms with Crippen LogP contribution in [0.1, 0.15) is 39.5 Å². The average molecular weight is 280 g/mol. The normalized spacial score (nSPS) is 26.2. The molecule has 0 saturated carbocycles. The molecular formula is C15H28N4O. The Morgan fingerprint density at radius 3 is 2.90 bits per heavy atom. The number of hydrogen-bond acceptors (Lipinski definition) is 2. The van der Waals surface area contributed by atoms with Crippen molar-refractivity contribution in [1.82, 2.24) is 9.80 Å². The van der Waals surface area contributed by atoms with Crippen LogP contribution in [0, 0.1) is 11.8 Å². The zero-order valence-corrected chi connectivity index (χ0v) is 12.8. The summed E-state index contributed by atoms with van der Waals surface area (Å²) >= 11 is 0. The van der Waals surface area contributed by atoms with Gasteiger partial charge in [-0.05, 0) is 31.1 Å². The van der Waals surface area contributed by atoms with E-state index in [2.05, 4.69) is 23.7 Å². The minimum absolute atomic E-state index is 0.290. The van der Waals surface area contributed by atoms with Crippen LogP contribution in [0.4, 0.5) is 0 Å². The van der Waals surface area contributed by atoms with E-state index in [0.717, 1.165) is 32.6 Å². The van der Waals surface area contributed by atoms with Crippen molar-refractivity contribution in [2.45, 2.75) is 39.5 Å². The highest BCUT2D eigenvalue weighted by atomic mass is 16.2. The molecule has 0 unspecified atom stereocenters. The Morgan fingerprint density at radius 1 is 1.45 bits per heavy atom. The van der Waals surface area contributed by atoms with Gasteiger partial charge in [0.15, 0.2) is 5.96 Å². The van der Waals surface area contributed by atoms with Crippen molar-refractivity contribution in [1.29, 1.82) is 0 Å². The maximum atomic E-state index is 11.6. The topological polar surface area (TPSA) is 61.9 Å². The molecule has 0 radical (unpaired) electrons. The average Bonchev–Trinajstić information content (AvgIpc) is 2.81. The summed E-state index contributed by atoms with van der Waals surface area (Å²) in [6, 6.07) is 0. The number of aliphatic imine (C=N–C) groups is 1. The lowest BCUT2D eigenvalue weighted by Crippen LogP contribution is -2.43. The molecule has 114 valence electrons. The summed E-state index contributed by atoms with van der Waals surface area (Å²) < 4.78 is 0. The quantitative estimate of drug-likeness (QED) is 0.623. The molecule has 0 aromatic carbocycles. The van der Waals surface area contributed by atoms with E-state index in [1.165, 1.54) is 12.8 Å². The van der Waals surface area contributed by atoms with Crippen LogP contribution in [0.3, 0.4) is 0 Å². The highest BCUT2D eigenvalue weighted by Gasteiger charge is 2.22. The number of nitrogens with two attached hydrogens (primary N) is 1. The molecule has 0 aromatic heterocycles. The monoisotopic (exact) mass is 280 g/mol. The number of amides is 1. The molecule has 2 fully saturated rings. The largest absolute Gasteiger partial charge is 0.370 e. The number of piperidine rings is 1. The first-order valence-electron chi connectivity index (χ1n) is 7.89. The third-order valence-electron chi connectivity index (χ3n) is 4.25. The summed E-state index contributed by atoms with van der Waals surface area (Å²) in [7, 11) is 0. The number of guanidine groups is 1. The van der Waals surface area contributed by atoms with Crippen molar-refractivity contribution in [2.75, 3.05) is 32.7 Å². The first kappa shape index (κ1) is 15.1. The Labute approximate surface area is 122 Å². The zero-order valence-electron chi connectivity index (χ0n) is 12.8. The van der Waals surface area contributed by atoms with E-state index in [0.29, 0.717) is 36.7 Å². The van der Waals surface area contributed by atoms with Crippen molar-refractivity contribution in [3.63, 3.8) is 0 Å². The predicted molar refractivity (Wildman–Crippen MR) is 81.4 cm³/mol. The van der Waals surface area contributed by atoms with Crippen LogP contribution in [0.2, 0.25) is 0 Å². The van der Waals surface area contributed by atoms with Gasteiger partial charge in [-0.3, -0.25) is 9.79 Å². The summed E-state index contributed by atoms with van der Waals surface area (Å²) in [5.74, 6) is 2.05. The molecule has 2 atom stereocenters. The molecule has 0 bridgehead atoms. The van der Waals surface area contributed by atoms with Crippen molar-refractivity contribution < 1.29 is 4.79 Å². The molecule has 0 aromatic rings. The second-order valence-corrected chi connectivity index (χ2v) is 6.44. The Balaban J connectivity index is 1.77. The maximum Gasteiger partial charge on any atom is 0.222 e. The summed E-state index contributed by atoms with van der Waals surface area (Å²) in [5, 5.41) is 0. The fourth-order valence-corrected chi connectivity index (χ4v) is 3.08. The third kappa shape index (κ3) is 4.12. The van der Waals surface area contributed by atoms with Gasteiger partial charge in [-0.1, -0.05) is 13.8 Å². The first-order chi connectivity index (χ1) is 9.56. The van der Waals surface area contributed by atoms with Crippen LogP contribution in [0.25, 0.3) is 0 Å². The lowest BCUT2D eigenvalue weighted by Gasteiger charge is -2.31. The second-order valence-electron chi connectivity index (χ2n) is 6.44. The molecule has 5 nitrogen and oxygen atoms in total. The van der Waals surface area contributed by atoms with Gasteiger partial charge in [0.1, 0.15) is 0 Å². The lowest BCUT2D eigenvalue weighted by atomic mass is 10.0. The van der Waals surface area contributed by atoms with Crippen molar-refractivity contribution in [2.24, 2.45) is 22.6 Å². The molecule has 1 amide bonds. The van der Waals surface area contributed by atoms with Gasteiger partial charge < -0.3 is 15.5 Å². The van der Waals surface area contributed by atoms with E-state index < -0.39 is 0 Å². The lowest BCUT2D eigenvalue weighted by molar-refractivity contribution is -0.128. The van der Waals surface area contributed by atoms with Crippen molar-refractivity contribution in [3.05, 3.63) is 0 Å². The molecule has 2 aliphatic heterocycles. The molecule has 2 aliphatic rings. The first-order valence-corrected chi connectivity index (χ1v) is 7.89. The number of rotatable bonds is 4. The Hall–Kier alpha value is -1.26. The molecule has 2 saturated heterocycles. The summed E-state index contributed by atoms with van der Waals surface area (Å²) in [6.45, 7) is 8.88. The van der Waals surface area contributed by atoms with Crippen LogP contribution in [-0.4, -0.2) is 54.4 Å². The van der Waals surface area contributed by atoms with E-state index in [9.17, 15) is 4.79 Å². The molecule has 20 heavy (non-hydrogen) atoms. The molecular weight excluding hydrogens is 252 g/mol. The van der Waals surface area contributed by atoms with Gasteiger partial charge in [0.25, 0.3) is 0 Å². The van der Waals surface area contributed by atoms with Gasteiger partial charge in [-0.2, -0.15) is 0 Å². The molecule has 2 N–H and O–H groups in total. The zero-order chi connectivity index (χ0) is 14.5. The van der Waals surface area contributed by atoms with Gasteiger partial charge in [0, 0.05) is 39.1 Å². The fraction of sp³-hybridized carbons (Fsp3) is 0.867. The smallest absolute Gasteiger partial charge is 0.222 e. The van der Waals surface area contributed by atoms with Gasteiger partial charge in [0.05, 0.1) is 0 Å². The summed E-state index contributed by atoms with van der Waals surface area (Å²) in [4.78, 5) is 20.3. The highest BCUT2D eigenvalue weighted by molar-refractivity contribution is 5.78. The highest BCUT2D eigenvalue weighted by Crippen LogP contribution is 2.15. The molecule has 0 aliphatic carbocycles.